The second-order valence-corrected chi connectivity index (χ2v) is 8.07. The molecule has 0 aliphatic heterocycles. The average Bonchev–Trinajstić information content (AvgIpc) is 2.57. The van der Waals surface area contributed by atoms with Crippen molar-refractivity contribution in [2.75, 3.05) is 0 Å². The maximum atomic E-state index is 11.6. The first kappa shape index (κ1) is 20.2. The standard InChI is InChI=1S/C19H32O3S/c1-2-3-4-5-6-7-8-9-10-11-12-18-13-15-19(16-14-18)23(21,22)17-20/h13-17,20H,2-12H2,1H3,(H,21,22). The predicted octanol–water partition coefficient (Wildman–Crippen LogP) is 5.58. The minimum atomic E-state index is -3.38. The van der Waals surface area contributed by atoms with E-state index in [0.29, 0.717) is 5.55 Å². The molecule has 0 bridgehead atoms. The number of aliphatic hydroxyl groups is 1. The van der Waals surface area contributed by atoms with Crippen molar-refractivity contribution in [2.45, 2.75) is 82.4 Å². The zero-order chi connectivity index (χ0) is 17.0. The highest BCUT2D eigenvalue weighted by molar-refractivity contribution is 7.95. The van der Waals surface area contributed by atoms with Crippen LogP contribution in [0.2, 0.25) is 0 Å². The van der Waals surface area contributed by atoms with Crippen molar-refractivity contribution in [2.24, 2.45) is 0 Å². The first-order chi connectivity index (χ1) is 11.1. The van der Waals surface area contributed by atoms with E-state index in [9.17, 15) is 8.76 Å². The summed E-state index contributed by atoms with van der Waals surface area (Å²) in [5, 5.41) is 8.77. The van der Waals surface area contributed by atoms with E-state index in [1.54, 1.807) is 12.1 Å². The molecule has 4 heteroatoms. The number of benzene rings is 1. The number of hydrogen-bond acceptors (Lipinski definition) is 1. The zero-order valence-corrected chi connectivity index (χ0v) is 15.2. The first-order valence-electron chi connectivity index (χ1n) is 8.93. The minimum Gasteiger partial charge on any atom is -0.358 e. The van der Waals surface area contributed by atoms with Crippen molar-refractivity contribution in [3.8, 4) is 0 Å². The molecule has 1 aromatic carbocycles. The Kier molecular flexibility index (Phi) is 10.2. The smallest absolute Gasteiger partial charge is 0.132 e. The lowest BCUT2D eigenvalue weighted by Gasteiger charge is -2.05. The molecule has 2 N–H and O–H groups in total. The average molecular weight is 341 g/mol. The molecule has 0 amide bonds. The summed E-state index contributed by atoms with van der Waals surface area (Å²) < 4.78 is 21.0. The molecule has 0 saturated heterocycles. The van der Waals surface area contributed by atoms with Crippen molar-refractivity contribution in [1.29, 1.82) is 0 Å². The van der Waals surface area contributed by atoms with Gasteiger partial charge < -0.3 is 9.66 Å². The summed E-state index contributed by atoms with van der Waals surface area (Å²) in [4.78, 5) is 0.256. The summed E-state index contributed by atoms with van der Waals surface area (Å²) in [6.07, 6.45) is 14.3. The van der Waals surface area contributed by atoms with E-state index in [4.69, 9.17) is 5.11 Å². The van der Waals surface area contributed by atoms with Crippen LogP contribution in [0.1, 0.15) is 76.7 Å². The van der Waals surface area contributed by atoms with Gasteiger partial charge in [-0.25, -0.2) is 4.21 Å². The molecule has 0 fully saturated rings. The van der Waals surface area contributed by atoms with E-state index in [2.05, 4.69) is 6.92 Å². The van der Waals surface area contributed by atoms with Gasteiger partial charge in [0.15, 0.2) is 0 Å². The van der Waals surface area contributed by atoms with Gasteiger partial charge in [-0.1, -0.05) is 76.8 Å². The third-order valence-electron chi connectivity index (χ3n) is 4.22. The largest absolute Gasteiger partial charge is 0.358 e. The summed E-state index contributed by atoms with van der Waals surface area (Å²) in [5.41, 5.74) is 1.55. The van der Waals surface area contributed by atoms with E-state index in [-0.39, 0.29) is 4.90 Å². The van der Waals surface area contributed by atoms with Crippen LogP contribution < -0.4 is 0 Å². The maximum absolute atomic E-state index is 11.6. The Labute approximate surface area is 142 Å². The summed E-state index contributed by atoms with van der Waals surface area (Å²) in [7, 11) is -3.38. The maximum Gasteiger partial charge on any atom is 0.132 e. The SMILES string of the molecule is CCCCCCCCCCCCc1ccc(S(=O)(O)=CO)cc1. The highest BCUT2D eigenvalue weighted by Gasteiger charge is 2.05. The molecule has 1 rings (SSSR count). The fourth-order valence-electron chi connectivity index (χ4n) is 2.73. The third-order valence-corrected chi connectivity index (χ3v) is 5.46. The van der Waals surface area contributed by atoms with Crippen molar-refractivity contribution >= 4 is 15.4 Å². The molecular weight excluding hydrogens is 308 g/mol. The van der Waals surface area contributed by atoms with Crippen molar-refractivity contribution in [3.05, 3.63) is 29.8 Å². The van der Waals surface area contributed by atoms with Gasteiger partial charge in [0, 0.05) is 0 Å². The van der Waals surface area contributed by atoms with Crippen LogP contribution in [0.5, 0.6) is 0 Å². The van der Waals surface area contributed by atoms with E-state index < -0.39 is 9.80 Å². The quantitative estimate of drug-likeness (QED) is 0.385. The normalized spacial score (nSPS) is 13.7. The van der Waals surface area contributed by atoms with Gasteiger partial charge in [-0.15, -0.1) is 0 Å². The van der Waals surface area contributed by atoms with E-state index >= 15 is 0 Å². The Morgan fingerprint density at radius 1 is 0.870 bits per heavy atom. The van der Waals surface area contributed by atoms with Gasteiger partial charge in [0.2, 0.25) is 0 Å². The zero-order valence-electron chi connectivity index (χ0n) is 14.4. The van der Waals surface area contributed by atoms with Crippen LogP contribution in [0.3, 0.4) is 0 Å². The number of unbranched alkanes of at least 4 members (excludes halogenated alkanes) is 9. The Morgan fingerprint density at radius 2 is 1.35 bits per heavy atom. The number of rotatable bonds is 12. The molecule has 0 aliphatic rings. The van der Waals surface area contributed by atoms with Gasteiger partial charge in [0.1, 0.15) is 15.4 Å². The van der Waals surface area contributed by atoms with Crippen molar-refractivity contribution in [3.63, 3.8) is 0 Å². The van der Waals surface area contributed by atoms with E-state index in [1.165, 1.54) is 63.4 Å². The van der Waals surface area contributed by atoms with Crippen LogP contribution >= 0.6 is 0 Å². The van der Waals surface area contributed by atoms with Crippen LogP contribution in [-0.2, 0) is 16.2 Å². The molecule has 1 atom stereocenters. The van der Waals surface area contributed by atoms with Gasteiger partial charge in [0.05, 0.1) is 4.90 Å². The van der Waals surface area contributed by atoms with Gasteiger partial charge in [0.25, 0.3) is 0 Å². The molecule has 1 unspecified atom stereocenters. The fraction of sp³-hybridized carbons (Fsp3) is 0.632. The van der Waals surface area contributed by atoms with Crippen LogP contribution in [0.25, 0.3) is 0 Å². The second kappa shape index (κ2) is 11.7. The lowest BCUT2D eigenvalue weighted by atomic mass is 10.0. The van der Waals surface area contributed by atoms with Gasteiger partial charge in [-0.2, -0.15) is 0 Å². The Hall–Kier alpha value is -0.840. The van der Waals surface area contributed by atoms with Gasteiger partial charge in [-0.3, -0.25) is 0 Å². The fourth-order valence-corrected chi connectivity index (χ4v) is 3.38. The molecule has 3 nitrogen and oxygen atoms in total. The lowest BCUT2D eigenvalue weighted by Crippen LogP contribution is -2.02. The molecule has 0 heterocycles. The molecule has 0 radical (unpaired) electrons. The minimum absolute atomic E-state index is 0.256. The Morgan fingerprint density at radius 3 is 1.83 bits per heavy atom. The predicted molar refractivity (Wildman–Crippen MR) is 99.7 cm³/mol. The Balaban J connectivity index is 2.11. The second-order valence-electron chi connectivity index (χ2n) is 6.25. The van der Waals surface area contributed by atoms with Gasteiger partial charge in [-0.05, 0) is 30.5 Å². The molecule has 0 aromatic heterocycles. The molecule has 0 spiro atoms. The van der Waals surface area contributed by atoms with Crippen molar-refractivity contribution < 1.29 is 13.9 Å². The number of aliphatic hydroxyl groups excluding tert-OH is 1. The van der Waals surface area contributed by atoms with E-state index in [1.807, 2.05) is 12.1 Å². The highest BCUT2D eigenvalue weighted by Crippen LogP contribution is 2.15. The van der Waals surface area contributed by atoms with Crippen LogP contribution in [0.4, 0.5) is 0 Å². The molecule has 23 heavy (non-hydrogen) atoms. The van der Waals surface area contributed by atoms with Crippen molar-refractivity contribution in [1.82, 2.24) is 0 Å². The molecular formula is C19H32O3S. The number of aryl methyl sites for hydroxylation is 1. The van der Waals surface area contributed by atoms with Gasteiger partial charge >= 0.3 is 0 Å². The van der Waals surface area contributed by atoms with E-state index in [0.717, 1.165) is 12.8 Å². The molecule has 0 aliphatic carbocycles. The summed E-state index contributed by atoms with van der Waals surface area (Å²) in [6.45, 7) is 2.25. The molecule has 0 saturated carbocycles. The summed E-state index contributed by atoms with van der Waals surface area (Å²) in [6, 6.07) is 7.01. The summed E-state index contributed by atoms with van der Waals surface area (Å²) >= 11 is 0. The highest BCUT2D eigenvalue weighted by atomic mass is 32.2. The topological polar surface area (TPSA) is 57.5 Å². The summed E-state index contributed by atoms with van der Waals surface area (Å²) in [5.74, 6) is 0. The number of hydrogen-bond donors (Lipinski definition) is 2. The van der Waals surface area contributed by atoms with Crippen LogP contribution in [0, 0.1) is 0 Å². The lowest BCUT2D eigenvalue weighted by molar-refractivity contribution is 0.541. The molecule has 1 aromatic rings. The monoisotopic (exact) mass is 340 g/mol. The van der Waals surface area contributed by atoms with Crippen LogP contribution in [0.15, 0.2) is 29.2 Å². The first-order valence-corrected chi connectivity index (χ1v) is 10.5. The Bertz CT molecular complexity index is 528. The molecule has 132 valence electrons. The third kappa shape index (κ3) is 8.54. The van der Waals surface area contributed by atoms with Crippen LogP contribution in [-0.4, -0.2) is 19.4 Å².